The maximum absolute atomic E-state index is 13.8. The molecule has 0 spiro atoms. The maximum Gasteiger partial charge on any atom is 0.260 e. The number of thiazole rings is 1. The molecule has 0 N–H and O–H groups in total. The third-order valence-corrected chi connectivity index (χ3v) is 10.3. The van der Waals surface area contributed by atoms with Gasteiger partial charge in [-0.25, -0.2) is 13.4 Å². The third kappa shape index (κ3) is 5.47. The lowest BCUT2D eigenvalue weighted by Gasteiger charge is -2.32. The molecule has 10 heteroatoms. The Morgan fingerprint density at radius 3 is 2.39 bits per heavy atom. The van der Waals surface area contributed by atoms with E-state index in [1.807, 2.05) is 31.2 Å². The fourth-order valence-electron chi connectivity index (χ4n) is 4.97. The number of para-hydroxylation sites is 1. The van der Waals surface area contributed by atoms with E-state index in [0.29, 0.717) is 27.8 Å². The summed E-state index contributed by atoms with van der Waals surface area (Å²) in [7, 11) is -3.66. The second-order valence-corrected chi connectivity index (χ2v) is 12.7. The molecule has 0 aliphatic heterocycles. The van der Waals surface area contributed by atoms with Gasteiger partial charge in [0.05, 0.1) is 21.2 Å². The van der Waals surface area contributed by atoms with Crippen LogP contribution in [0.5, 0.6) is 0 Å². The van der Waals surface area contributed by atoms with Crippen LogP contribution in [0.2, 0.25) is 5.02 Å². The van der Waals surface area contributed by atoms with Crippen molar-refractivity contribution >= 4 is 54.2 Å². The zero-order chi connectivity index (χ0) is 26.7. The Balaban J connectivity index is 1.45. The predicted octanol–water partition coefficient (Wildman–Crippen LogP) is 6.54. The van der Waals surface area contributed by atoms with Crippen LogP contribution >= 0.6 is 22.9 Å². The minimum atomic E-state index is -3.66. The van der Waals surface area contributed by atoms with Crippen molar-refractivity contribution in [2.45, 2.75) is 56.5 Å². The molecule has 0 bridgehead atoms. The summed E-state index contributed by atoms with van der Waals surface area (Å²) in [5.41, 5.74) is 1.92. The highest BCUT2D eigenvalue weighted by Gasteiger charge is 2.31. The Hall–Kier alpha value is -2.85. The molecule has 1 fully saturated rings. The van der Waals surface area contributed by atoms with Crippen molar-refractivity contribution in [2.75, 3.05) is 11.4 Å². The summed E-state index contributed by atoms with van der Waals surface area (Å²) in [6, 6.07) is 15.5. The Morgan fingerprint density at radius 2 is 1.74 bits per heavy atom. The van der Waals surface area contributed by atoms with Crippen LogP contribution in [0.3, 0.4) is 0 Å². The van der Waals surface area contributed by atoms with Crippen molar-refractivity contribution in [1.29, 1.82) is 0 Å². The second-order valence-electron chi connectivity index (χ2n) is 9.35. The molecule has 1 aliphatic carbocycles. The zero-order valence-corrected chi connectivity index (χ0v) is 23.5. The number of nitrogens with zero attached hydrogens (tertiary/aromatic N) is 4. The first-order valence-corrected chi connectivity index (χ1v) is 15.4. The molecule has 7 nitrogen and oxygen atoms in total. The fraction of sp³-hybridized carbons (Fsp3) is 0.321. The molecule has 5 rings (SSSR count). The molecule has 2 aromatic carbocycles. The summed E-state index contributed by atoms with van der Waals surface area (Å²) in [5, 5.41) is 1.04. The van der Waals surface area contributed by atoms with E-state index in [2.05, 4.69) is 9.97 Å². The van der Waals surface area contributed by atoms with Crippen LogP contribution in [0.15, 0.2) is 71.9 Å². The van der Waals surface area contributed by atoms with Crippen LogP contribution < -0.4 is 4.90 Å². The second kappa shape index (κ2) is 11.5. The van der Waals surface area contributed by atoms with E-state index in [4.69, 9.17) is 11.6 Å². The molecule has 2 aromatic heterocycles. The van der Waals surface area contributed by atoms with Crippen molar-refractivity contribution in [3.63, 3.8) is 0 Å². The van der Waals surface area contributed by atoms with E-state index in [0.717, 1.165) is 42.4 Å². The summed E-state index contributed by atoms with van der Waals surface area (Å²) >= 11 is 7.74. The number of hydrogen-bond donors (Lipinski definition) is 0. The van der Waals surface area contributed by atoms with Gasteiger partial charge in [0.1, 0.15) is 5.52 Å². The van der Waals surface area contributed by atoms with Crippen LogP contribution in [-0.4, -0.2) is 41.2 Å². The molecule has 0 saturated heterocycles. The summed E-state index contributed by atoms with van der Waals surface area (Å²) in [6.45, 7) is 2.59. The lowest BCUT2D eigenvalue weighted by Crippen LogP contribution is -2.41. The normalized spacial score (nSPS) is 14.7. The van der Waals surface area contributed by atoms with E-state index in [-0.39, 0.29) is 23.4 Å². The van der Waals surface area contributed by atoms with Gasteiger partial charge in [-0.2, -0.15) is 4.31 Å². The first kappa shape index (κ1) is 26.7. The van der Waals surface area contributed by atoms with Gasteiger partial charge in [0.15, 0.2) is 5.13 Å². The standard InChI is InChI=1S/C28H29ClN4O3S2/c1-2-33(22-7-4-3-5-8-22)38(35,36)23-13-11-21(12-14-23)27(34)32(19-20-15-17-30-18-16-20)28-31-26-24(29)9-6-10-25(26)37-28/h6,9-18,22H,2-5,7-8,19H2,1H3. The number of anilines is 1. The number of aromatic nitrogens is 2. The van der Waals surface area contributed by atoms with Gasteiger partial charge in [-0.15, -0.1) is 0 Å². The Kier molecular flexibility index (Phi) is 8.09. The largest absolute Gasteiger partial charge is 0.279 e. The molecule has 1 amide bonds. The summed E-state index contributed by atoms with van der Waals surface area (Å²) in [5.74, 6) is -0.277. The van der Waals surface area contributed by atoms with Gasteiger partial charge in [0.25, 0.3) is 5.91 Å². The molecule has 2 heterocycles. The Bertz CT molecular complexity index is 1520. The van der Waals surface area contributed by atoms with Crippen LogP contribution in [0.25, 0.3) is 10.2 Å². The third-order valence-electron chi connectivity index (χ3n) is 6.93. The molecular formula is C28H29ClN4O3S2. The number of pyridine rings is 1. The van der Waals surface area contributed by atoms with Crippen LogP contribution in [0, 0.1) is 0 Å². The lowest BCUT2D eigenvalue weighted by atomic mass is 9.95. The van der Waals surface area contributed by atoms with E-state index < -0.39 is 10.0 Å². The van der Waals surface area contributed by atoms with E-state index in [1.165, 1.54) is 23.5 Å². The number of hydrogen-bond acceptors (Lipinski definition) is 6. The summed E-state index contributed by atoms with van der Waals surface area (Å²) < 4.78 is 29.4. The van der Waals surface area contributed by atoms with Crippen molar-refractivity contribution in [3.05, 3.63) is 83.1 Å². The average Bonchev–Trinajstić information content (AvgIpc) is 3.38. The molecule has 0 atom stereocenters. The van der Waals surface area contributed by atoms with Gasteiger partial charge in [-0.1, -0.05) is 55.2 Å². The van der Waals surface area contributed by atoms with Crippen molar-refractivity contribution < 1.29 is 13.2 Å². The maximum atomic E-state index is 13.8. The number of amides is 1. The Morgan fingerprint density at radius 1 is 1.03 bits per heavy atom. The number of sulfonamides is 1. The van der Waals surface area contributed by atoms with Gasteiger partial charge in [0.2, 0.25) is 10.0 Å². The number of rotatable bonds is 8. The van der Waals surface area contributed by atoms with Gasteiger partial charge >= 0.3 is 0 Å². The van der Waals surface area contributed by atoms with Crippen LogP contribution in [-0.2, 0) is 16.6 Å². The molecule has 1 aliphatic rings. The number of fused-ring (bicyclic) bond motifs is 1. The van der Waals surface area contributed by atoms with Gasteiger partial charge in [-0.05, 0) is 66.9 Å². The molecule has 38 heavy (non-hydrogen) atoms. The summed E-state index contributed by atoms with van der Waals surface area (Å²) in [6.07, 6.45) is 8.39. The van der Waals surface area contributed by atoms with Crippen molar-refractivity contribution in [3.8, 4) is 0 Å². The first-order chi connectivity index (χ1) is 18.4. The van der Waals surface area contributed by atoms with Crippen LogP contribution in [0.4, 0.5) is 5.13 Å². The highest BCUT2D eigenvalue weighted by atomic mass is 35.5. The SMILES string of the molecule is CCN(C1CCCCC1)S(=O)(=O)c1ccc(C(=O)N(Cc2ccncc2)c2nc3c(Cl)cccc3s2)cc1. The zero-order valence-electron chi connectivity index (χ0n) is 21.1. The molecule has 1 saturated carbocycles. The minimum absolute atomic E-state index is 0.0294. The predicted molar refractivity (Wildman–Crippen MR) is 152 cm³/mol. The minimum Gasteiger partial charge on any atom is -0.279 e. The number of halogens is 1. The molecule has 198 valence electrons. The number of carbonyl (C=O) groups excluding carboxylic acids is 1. The molecular weight excluding hydrogens is 540 g/mol. The highest BCUT2D eigenvalue weighted by molar-refractivity contribution is 7.89. The Labute approximate surface area is 232 Å². The lowest BCUT2D eigenvalue weighted by molar-refractivity contribution is 0.0985. The van der Waals surface area contributed by atoms with E-state index >= 15 is 0 Å². The summed E-state index contributed by atoms with van der Waals surface area (Å²) in [4.78, 5) is 24.3. The van der Waals surface area contributed by atoms with Gasteiger partial charge < -0.3 is 0 Å². The van der Waals surface area contributed by atoms with E-state index in [9.17, 15) is 13.2 Å². The average molecular weight is 569 g/mol. The number of benzene rings is 2. The quantitative estimate of drug-likeness (QED) is 0.241. The monoisotopic (exact) mass is 568 g/mol. The molecule has 0 unspecified atom stereocenters. The van der Waals surface area contributed by atoms with Gasteiger partial charge in [-0.3, -0.25) is 14.7 Å². The number of carbonyl (C=O) groups is 1. The first-order valence-electron chi connectivity index (χ1n) is 12.8. The molecule has 0 radical (unpaired) electrons. The smallest absolute Gasteiger partial charge is 0.260 e. The topological polar surface area (TPSA) is 83.5 Å². The highest BCUT2D eigenvalue weighted by Crippen LogP contribution is 2.34. The van der Waals surface area contributed by atoms with E-state index in [1.54, 1.807) is 39.8 Å². The van der Waals surface area contributed by atoms with Gasteiger partial charge in [0, 0.05) is 30.5 Å². The fourth-order valence-corrected chi connectivity index (χ4v) is 7.93. The molecule has 4 aromatic rings. The van der Waals surface area contributed by atoms with Crippen LogP contribution in [0.1, 0.15) is 54.9 Å². The van der Waals surface area contributed by atoms with Crippen molar-refractivity contribution in [1.82, 2.24) is 14.3 Å². The van der Waals surface area contributed by atoms with Crippen molar-refractivity contribution in [2.24, 2.45) is 0 Å².